The molecule has 0 unspecified atom stereocenters. The topological polar surface area (TPSA) is 16.8 Å². The molecule has 0 amide bonds. The van der Waals surface area contributed by atoms with Crippen LogP contribution in [0.3, 0.4) is 0 Å². The van der Waals surface area contributed by atoms with Crippen molar-refractivity contribution in [1.29, 1.82) is 0 Å². The molecule has 2 aromatic heterocycles. The smallest absolute Gasteiger partial charge is 0.213 e. The molecule has 0 aliphatic carbocycles. The van der Waals surface area contributed by atoms with E-state index in [-0.39, 0.29) is 24.0 Å². The third-order valence-electron chi connectivity index (χ3n) is 7.14. The van der Waals surface area contributed by atoms with Gasteiger partial charge in [-0.1, -0.05) is 123 Å². The summed E-state index contributed by atoms with van der Waals surface area (Å²) in [5, 5.41) is 0. The Hall–Kier alpha value is -1.44. The third kappa shape index (κ3) is 10.8. The van der Waals surface area contributed by atoms with Crippen LogP contribution in [0.25, 0.3) is 44.8 Å². The molecule has 0 aliphatic rings. The van der Waals surface area contributed by atoms with Crippen molar-refractivity contribution in [2.24, 2.45) is 7.05 Å². The zero-order valence-corrected chi connectivity index (χ0v) is 36.4. The number of nitrogens with zero attached hydrogens (tertiary/aromatic N) is 2. The molecule has 0 bridgehead atoms. The van der Waals surface area contributed by atoms with Crippen LogP contribution >= 0.6 is 86.3 Å². The van der Waals surface area contributed by atoms with Crippen LogP contribution in [0, 0.1) is 13.8 Å². The molecule has 0 radical (unpaired) electrons. The first-order chi connectivity index (χ1) is 21.7. The van der Waals surface area contributed by atoms with E-state index < -0.39 is 0 Å². The molecular formula is C38H32Br4I2N2. The second-order valence-corrected chi connectivity index (χ2v) is 13.9. The predicted octanol–water partition coefficient (Wildman–Crippen LogP) is 9.98. The predicted molar refractivity (Wildman–Crippen MR) is 214 cm³/mol. The van der Waals surface area contributed by atoms with Gasteiger partial charge in [0.2, 0.25) is 5.69 Å². The third-order valence-corrected chi connectivity index (χ3v) is 9.25. The molecule has 2 nitrogen and oxygen atoms in total. The highest BCUT2D eigenvalue weighted by Gasteiger charge is 2.15. The molecule has 2 heterocycles. The van der Waals surface area contributed by atoms with Crippen LogP contribution in [0.15, 0.2) is 139 Å². The van der Waals surface area contributed by atoms with Gasteiger partial charge in [-0.25, -0.2) is 0 Å². The van der Waals surface area contributed by atoms with E-state index in [2.05, 4.69) is 219 Å². The minimum absolute atomic E-state index is 0. The molecule has 0 fully saturated rings. The van der Waals surface area contributed by atoms with Crippen molar-refractivity contribution in [1.82, 2.24) is 4.98 Å². The highest BCUT2D eigenvalue weighted by Crippen LogP contribution is 2.29. The van der Waals surface area contributed by atoms with E-state index in [4.69, 9.17) is 0 Å². The summed E-state index contributed by atoms with van der Waals surface area (Å²) < 4.78 is 6.59. The summed E-state index contributed by atoms with van der Waals surface area (Å²) in [7, 11) is 2.11. The van der Waals surface area contributed by atoms with Crippen LogP contribution in [0.1, 0.15) is 11.4 Å². The molecule has 0 spiro atoms. The fourth-order valence-electron chi connectivity index (χ4n) is 4.75. The summed E-state index contributed by atoms with van der Waals surface area (Å²) in [6.07, 6.45) is 0. The molecule has 6 rings (SSSR count). The Labute approximate surface area is 337 Å². The van der Waals surface area contributed by atoms with Gasteiger partial charge in [-0.2, -0.15) is 4.57 Å². The van der Waals surface area contributed by atoms with Crippen LogP contribution in [0.4, 0.5) is 0 Å². The van der Waals surface area contributed by atoms with Crippen LogP contribution < -0.4 is 28.5 Å². The van der Waals surface area contributed by atoms with Gasteiger partial charge >= 0.3 is 0 Å². The second-order valence-electron chi connectivity index (χ2n) is 10.2. The number of alkyl halides is 1. The van der Waals surface area contributed by atoms with Crippen molar-refractivity contribution < 1.29 is 28.5 Å². The summed E-state index contributed by atoms with van der Waals surface area (Å²) >= 11 is 16.1. The van der Waals surface area contributed by atoms with Gasteiger partial charge in [0.1, 0.15) is 7.05 Å². The van der Waals surface area contributed by atoms with Crippen molar-refractivity contribution in [3.8, 4) is 44.8 Å². The molecule has 6 aromatic rings. The molecule has 46 heavy (non-hydrogen) atoms. The number of halogens is 6. The van der Waals surface area contributed by atoms with E-state index in [1.54, 1.807) is 0 Å². The number of benzene rings is 4. The normalized spacial score (nSPS) is 10.1. The minimum Gasteiger partial charge on any atom is -1.00 e. The van der Waals surface area contributed by atoms with Gasteiger partial charge in [-0.15, -0.1) is 0 Å². The van der Waals surface area contributed by atoms with E-state index in [1.807, 2.05) is 24.0 Å². The summed E-state index contributed by atoms with van der Waals surface area (Å²) in [5.41, 5.74) is 11.7. The lowest BCUT2D eigenvalue weighted by Crippen LogP contribution is -3.00. The van der Waals surface area contributed by atoms with E-state index in [9.17, 15) is 0 Å². The molecule has 0 N–H and O–H groups in total. The average molecular weight is 1090 g/mol. The minimum atomic E-state index is 0. The maximum absolute atomic E-state index is 4.65. The van der Waals surface area contributed by atoms with Crippen molar-refractivity contribution in [3.63, 3.8) is 0 Å². The molecule has 0 saturated carbocycles. The van der Waals surface area contributed by atoms with Gasteiger partial charge in [0.15, 0.2) is 5.69 Å². The van der Waals surface area contributed by atoms with E-state index in [0.717, 1.165) is 34.8 Å². The Morgan fingerprint density at radius 1 is 0.478 bits per heavy atom. The Morgan fingerprint density at radius 2 is 0.848 bits per heavy atom. The first-order valence-electron chi connectivity index (χ1n) is 14.1. The van der Waals surface area contributed by atoms with Gasteiger partial charge in [0.25, 0.3) is 0 Å². The quantitative estimate of drug-likeness (QED) is 0.0977. The van der Waals surface area contributed by atoms with Gasteiger partial charge in [0.05, 0.1) is 5.69 Å². The number of aromatic nitrogens is 2. The van der Waals surface area contributed by atoms with Crippen LogP contribution in [0.2, 0.25) is 0 Å². The highest BCUT2D eigenvalue weighted by atomic mass is 127. The lowest BCUT2D eigenvalue weighted by atomic mass is 10.0. The maximum atomic E-state index is 4.65. The molecule has 236 valence electrons. The second kappa shape index (κ2) is 18.9. The summed E-state index contributed by atoms with van der Waals surface area (Å²) in [6.45, 7) is 4.18. The fraction of sp³-hybridized carbons (Fsp3) is 0.105. The monoisotopic (exact) mass is 1090 g/mol. The highest BCUT2D eigenvalue weighted by molar-refractivity contribution is 14.1. The van der Waals surface area contributed by atoms with Crippen molar-refractivity contribution in [2.75, 3.05) is 4.93 Å². The van der Waals surface area contributed by atoms with Crippen molar-refractivity contribution in [2.45, 2.75) is 13.8 Å². The number of pyridine rings is 2. The maximum Gasteiger partial charge on any atom is 0.213 e. The van der Waals surface area contributed by atoms with Crippen molar-refractivity contribution >= 4 is 86.3 Å². The molecular weight excluding hydrogens is 1060 g/mol. The Morgan fingerprint density at radius 3 is 1.28 bits per heavy atom. The number of hydrogen-bond acceptors (Lipinski definition) is 1. The first kappa shape index (κ1) is 39.0. The molecule has 4 aromatic carbocycles. The van der Waals surface area contributed by atoms with Gasteiger partial charge in [-0.3, -0.25) is 4.98 Å². The number of aryl methyl sites for hydroxylation is 2. The van der Waals surface area contributed by atoms with E-state index >= 15 is 0 Å². The van der Waals surface area contributed by atoms with Gasteiger partial charge in [0, 0.05) is 53.8 Å². The zero-order valence-electron chi connectivity index (χ0n) is 25.7. The molecule has 0 atom stereocenters. The van der Waals surface area contributed by atoms with E-state index in [1.165, 1.54) is 39.2 Å². The summed E-state index contributed by atoms with van der Waals surface area (Å²) in [4.78, 5) is 6.62. The lowest BCUT2D eigenvalue weighted by Gasteiger charge is -2.08. The number of rotatable bonds is 4. The van der Waals surface area contributed by atoms with Gasteiger partial charge in [-0.05, 0) is 107 Å². The van der Waals surface area contributed by atoms with Crippen LogP contribution in [-0.2, 0) is 7.05 Å². The largest absolute Gasteiger partial charge is 1.00 e. The molecule has 0 aliphatic heterocycles. The summed E-state index contributed by atoms with van der Waals surface area (Å²) in [5.74, 6) is 0. The zero-order chi connectivity index (χ0) is 32.5. The first-order valence-corrected chi connectivity index (χ1v) is 19.4. The molecule has 8 heteroatoms. The van der Waals surface area contributed by atoms with Crippen LogP contribution in [0.5, 0.6) is 0 Å². The van der Waals surface area contributed by atoms with E-state index in [0.29, 0.717) is 0 Å². The van der Waals surface area contributed by atoms with Crippen molar-refractivity contribution in [3.05, 3.63) is 151 Å². The van der Waals surface area contributed by atoms with Gasteiger partial charge < -0.3 is 24.0 Å². The SMILES string of the molecule is CI.Cc1cc(-c2ccc(Br)cc2)cc(-c2ccc(Br)cc2)[n+]1C.Cc1cc(-c2ccc(Br)cc2)cc(-c2ccc(Br)cc2)n1.[I-]. The standard InChI is InChI=1S/C19H16Br2N.C18H13Br2N.CH3I.HI/c1-13-11-16(14-3-7-17(20)8-4-14)12-19(22(13)2)15-5-9-18(21)10-6-15;1-12-10-15(13-2-6-16(19)7-3-13)11-18(21-12)14-4-8-17(20)9-5-14;1-2;/h3-12H,1-2H3;2-11H,1H3;1H3;1H/q+1;;;/p-1. The van der Waals surface area contributed by atoms with Crippen LogP contribution in [-0.4, -0.2) is 9.91 Å². The Bertz CT molecular complexity index is 1800. The fourth-order valence-corrected chi connectivity index (χ4v) is 5.81. The average Bonchev–Trinajstić information content (AvgIpc) is 3.05. The Balaban J connectivity index is 0.000000233. The summed E-state index contributed by atoms with van der Waals surface area (Å²) in [6, 6.07) is 42.2. The number of hydrogen-bond donors (Lipinski definition) is 0. The Kier molecular flexibility index (Phi) is 16.1. The lowest BCUT2D eigenvalue weighted by molar-refractivity contribution is -0.666. The molecule has 0 saturated heterocycles.